The van der Waals surface area contributed by atoms with E-state index in [9.17, 15) is 4.79 Å². The highest BCUT2D eigenvalue weighted by molar-refractivity contribution is 5.87. The van der Waals surface area contributed by atoms with Gasteiger partial charge in [-0.15, -0.1) is 0 Å². The lowest BCUT2D eigenvalue weighted by Crippen LogP contribution is -2.04. The van der Waals surface area contributed by atoms with Crippen molar-refractivity contribution in [1.82, 2.24) is 4.98 Å². The van der Waals surface area contributed by atoms with Crippen LogP contribution < -0.4 is 0 Å². The molecule has 0 amide bonds. The third-order valence-electron chi connectivity index (χ3n) is 1.57. The van der Waals surface area contributed by atoms with E-state index < -0.39 is 5.97 Å². The summed E-state index contributed by atoms with van der Waals surface area (Å²) in [7, 11) is 1.28. The maximum Gasteiger partial charge on any atom is 0.356 e. The van der Waals surface area contributed by atoms with Gasteiger partial charge in [-0.1, -0.05) is 17.1 Å². The van der Waals surface area contributed by atoms with Crippen LogP contribution in [0.2, 0.25) is 0 Å². The highest BCUT2D eigenvalue weighted by Crippen LogP contribution is 1.99. The van der Waals surface area contributed by atoms with Crippen molar-refractivity contribution in [2.75, 3.05) is 13.7 Å². The molecule has 80 valence electrons. The fraction of sp³-hybridized carbons (Fsp3) is 0.200. The van der Waals surface area contributed by atoms with Crippen molar-refractivity contribution < 1.29 is 9.53 Å². The van der Waals surface area contributed by atoms with Gasteiger partial charge >= 0.3 is 5.97 Å². The van der Waals surface area contributed by atoms with Gasteiger partial charge < -0.3 is 4.74 Å². The lowest BCUT2D eigenvalue weighted by atomic mass is 10.3. The summed E-state index contributed by atoms with van der Waals surface area (Å²) in [4.78, 5) is 17.7. The normalized spacial score (nSPS) is 8.31. The van der Waals surface area contributed by atoms with E-state index in [4.69, 9.17) is 5.53 Å². The molecular formula is C10H8N4O2. The first-order valence-electron chi connectivity index (χ1n) is 4.33. The minimum absolute atomic E-state index is 0.0701. The fourth-order valence-corrected chi connectivity index (χ4v) is 0.920. The summed E-state index contributed by atoms with van der Waals surface area (Å²) in [6.07, 6.45) is 0. The Kier molecular flexibility index (Phi) is 4.38. The molecule has 0 saturated heterocycles. The lowest BCUT2D eigenvalue weighted by Gasteiger charge is -1.97. The molecule has 0 aromatic carbocycles. The average Bonchev–Trinajstić information content (AvgIpc) is 2.34. The van der Waals surface area contributed by atoms with Crippen LogP contribution in [0.15, 0.2) is 23.3 Å². The fourth-order valence-electron chi connectivity index (χ4n) is 0.920. The molecule has 6 nitrogen and oxygen atoms in total. The SMILES string of the molecule is COC(=O)c1cccc(C#CCN=[N+]=[N-])n1. The van der Waals surface area contributed by atoms with Crippen molar-refractivity contribution in [1.29, 1.82) is 0 Å². The van der Waals surface area contributed by atoms with Crippen LogP contribution in [-0.2, 0) is 4.74 Å². The van der Waals surface area contributed by atoms with E-state index in [1.807, 2.05) is 0 Å². The van der Waals surface area contributed by atoms with Crippen LogP contribution in [0, 0.1) is 11.8 Å². The first-order chi connectivity index (χ1) is 7.77. The zero-order valence-electron chi connectivity index (χ0n) is 8.54. The van der Waals surface area contributed by atoms with E-state index in [0.29, 0.717) is 5.69 Å². The number of carbonyl (C=O) groups is 1. The molecule has 0 unspecified atom stereocenters. The van der Waals surface area contributed by atoms with Gasteiger partial charge in [0.2, 0.25) is 0 Å². The largest absolute Gasteiger partial charge is 0.464 e. The molecule has 16 heavy (non-hydrogen) atoms. The van der Waals surface area contributed by atoms with E-state index in [1.165, 1.54) is 13.2 Å². The summed E-state index contributed by atoms with van der Waals surface area (Å²) < 4.78 is 4.52. The Morgan fingerprint density at radius 1 is 1.69 bits per heavy atom. The van der Waals surface area contributed by atoms with Crippen molar-refractivity contribution >= 4 is 5.97 Å². The minimum Gasteiger partial charge on any atom is -0.464 e. The number of hydrogen-bond donors (Lipinski definition) is 0. The molecule has 1 aromatic rings. The summed E-state index contributed by atoms with van der Waals surface area (Å²) in [5.41, 5.74) is 8.65. The van der Waals surface area contributed by atoms with Crippen LogP contribution in [0.4, 0.5) is 0 Å². The molecule has 0 aliphatic carbocycles. The van der Waals surface area contributed by atoms with Crippen molar-refractivity contribution in [3.8, 4) is 11.8 Å². The Morgan fingerprint density at radius 3 is 3.19 bits per heavy atom. The van der Waals surface area contributed by atoms with Crippen molar-refractivity contribution in [2.24, 2.45) is 5.11 Å². The predicted octanol–water partition coefficient (Wildman–Crippen LogP) is 1.53. The number of carbonyl (C=O) groups excluding carboxylic acids is 1. The molecule has 0 N–H and O–H groups in total. The molecule has 1 aromatic heterocycles. The number of hydrogen-bond acceptors (Lipinski definition) is 4. The Labute approximate surface area is 91.9 Å². The molecule has 0 atom stereocenters. The van der Waals surface area contributed by atoms with Gasteiger partial charge in [-0.05, 0) is 23.6 Å². The average molecular weight is 216 g/mol. The molecule has 0 aliphatic heterocycles. The quantitative estimate of drug-likeness (QED) is 0.247. The molecule has 1 heterocycles. The van der Waals surface area contributed by atoms with Crippen LogP contribution in [0.1, 0.15) is 16.2 Å². The summed E-state index contributed by atoms with van der Waals surface area (Å²) in [6.45, 7) is 0.0701. The third-order valence-corrected chi connectivity index (χ3v) is 1.57. The second kappa shape index (κ2) is 6.06. The van der Waals surface area contributed by atoms with Gasteiger partial charge in [0, 0.05) is 4.91 Å². The molecule has 0 saturated carbocycles. The molecule has 0 radical (unpaired) electrons. The highest BCUT2D eigenvalue weighted by atomic mass is 16.5. The van der Waals surface area contributed by atoms with Crippen LogP contribution in [0.3, 0.4) is 0 Å². The molecule has 6 heteroatoms. The number of methoxy groups -OCH3 is 1. The van der Waals surface area contributed by atoms with Gasteiger partial charge in [0.05, 0.1) is 13.7 Å². The summed E-state index contributed by atoms with van der Waals surface area (Å²) in [6, 6.07) is 4.83. The second-order valence-corrected chi connectivity index (χ2v) is 2.59. The maximum atomic E-state index is 11.1. The maximum absolute atomic E-state index is 11.1. The van der Waals surface area contributed by atoms with Crippen LogP contribution in [0.25, 0.3) is 10.4 Å². The molecule has 0 aliphatic rings. The Bertz CT molecular complexity index is 495. The zero-order chi connectivity index (χ0) is 11.8. The molecule has 0 spiro atoms. The van der Waals surface area contributed by atoms with Crippen LogP contribution in [-0.4, -0.2) is 24.6 Å². The topological polar surface area (TPSA) is 88.0 Å². The Hall–Kier alpha value is -2.51. The van der Waals surface area contributed by atoms with Gasteiger partial charge in [0.15, 0.2) is 0 Å². The Balaban J connectivity index is 2.84. The van der Waals surface area contributed by atoms with Gasteiger partial charge in [-0.3, -0.25) is 0 Å². The number of ether oxygens (including phenoxy) is 1. The number of nitrogens with zero attached hydrogens (tertiary/aromatic N) is 4. The summed E-state index contributed by atoms with van der Waals surface area (Å²) >= 11 is 0. The van der Waals surface area contributed by atoms with Gasteiger partial charge in [-0.25, -0.2) is 9.78 Å². The monoisotopic (exact) mass is 216 g/mol. The number of azide groups is 1. The van der Waals surface area contributed by atoms with Crippen LogP contribution >= 0.6 is 0 Å². The van der Waals surface area contributed by atoms with E-state index in [1.54, 1.807) is 12.1 Å². The number of pyridine rings is 1. The van der Waals surface area contributed by atoms with E-state index in [2.05, 4.69) is 31.6 Å². The van der Waals surface area contributed by atoms with Gasteiger partial charge in [-0.2, -0.15) is 0 Å². The zero-order valence-corrected chi connectivity index (χ0v) is 8.54. The number of esters is 1. The predicted molar refractivity (Wildman–Crippen MR) is 56.5 cm³/mol. The number of aromatic nitrogens is 1. The van der Waals surface area contributed by atoms with Gasteiger partial charge in [0.1, 0.15) is 11.4 Å². The highest BCUT2D eigenvalue weighted by Gasteiger charge is 2.05. The summed E-state index contributed by atoms with van der Waals surface area (Å²) in [5, 5.41) is 3.25. The van der Waals surface area contributed by atoms with E-state index in [-0.39, 0.29) is 12.2 Å². The Morgan fingerprint density at radius 2 is 2.50 bits per heavy atom. The van der Waals surface area contributed by atoms with E-state index >= 15 is 0 Å². The van der Waals surface area contributed by atoms with Gasteiger partial charge in [0.25, 0.3) is 0 Å². The second-order valence-electron chi connectivity index (χ2n) is 2.59. The van der Waals surface area contributed by atoms with Crippen molar-refractivity contribution in [3.63, 3.8) is 0 Å². The van der Waals surface area contributed by atoms with Crippen molar-refractivity contribution in [2.45, 2.75) is 0 Å². The number of rotatable bonds is 2. The molecule has 1 rings (SSSR count). The standard InChI is InChI=1S/C10H8N4O2/c1-16-10(15)9-6-2-4-8(13-9)5-3-7-12-14-11/h2,4,6H,7H2,1H3. The molecular weight excluding hydrogens is 208 g/mol. The minimum atomic E-state index is -0.515. The third kappa shape index (κ3) is 3.33. The molecule has 0 bridgehead atoms. The lowest BCUT2D eigenvalue weighted by molar-refractivity contribution is 0.0594. The first kappa shape index (κ1) is 11.6. The van der Waals surface area contributed by atoms with E-state index in [0.717, 1.165) is 0 Å². The van der Waals surface area contributed by atoms with Crippen LogP contribution in [0.5, 0.6) is 0 Å². The smallest absolute Gasteiger partial charge is 0.356 e. The first-order valence-corrected chi connectivity index (χ1v) is 4.33. The molecule has 0 fully saturated rings. The summed E-state index contributed by atoms with van der Waals surface area (Å²) in [5.74, 6) is 4.75. The van der Waals surface area contributed by atoms with Crippen molar-refractivity contribution in [3.05, 3.63) is 40.0 Å².